The highest BCUT2D eigenvalue weighted by molar-refractivity contribution is 5.95. The first kappa shape index (κ1) is 13.0. The SMILES string of the molecule is Cc1cc(C(=O)N[C@H]2CCc3ccccc3C2)c(C)[nH]1. The zero-order chi connectivity index (χ0) is 14.1. The molecule has 0 aliphatic heterocycles. The van der Waals surface area contributed by atoms with E-state index in [9.17, 15) is 4.79 Å². The minimum atomic E-state index is 0.0382. The quantitative estimate of drug-likeness (QED) is 0.864. The fourth-order valence-corrected chi connectivity index (χ4v) is 3.04. The zero-order valence-electron chi connectivity index (χ0n) is 12.0. The molecule has 1 aliphatic carbocycles. The van der Waals surface area contributed by atoms with Gasteiger partial charge in [-0.1, -0.05) is 24.3 Å². The monoisotopic (exact) mass is 268 g/mol. The Morgan fingerprint density at radius 2 is 2.00 bits per heavy atom. The van der Waals surface area contributed by atoms with Crippen LogP contribution in [0.2, 0.25) is 0 Å². The van der Waals surface area contributed by atoms with Crippen LogP contribution in [0.5, 0.6) is 0 Å². The molecule has 1 aromatic heterocycles. The number of aromatic nitrogens is 1. The molecule has 3 heteroatoms. The van der Waals surface area contributed by atoms with Crippen molar-refractivity contribution in [2.24, 2.45) is 0 Å². The molecule has 0 bridgehead atoms. The van der Waals surface area contributed by atoms with Gasteiger partial charge < -0.3 is 10.3 Å². The van der Waals surface area contributed by atoms with Crippen LogP contribution in [-0.2, 0) is 12.8 Å². The molecule has 1 atom stereocenters. The Kier molecular flexibility index (Phi) is 3.35. The van der Waals surface area contributed by atoms with Gasteiger partial charge in [-0.3, -0.25) is 4.79 Å². The summed E-state index contributed by atoms with van der Waals surface area (Å²) in [6, 6.07) is 10.7. The molecule has 0 fully saturated rings. The first-order valence-electron chi connectivity index (χ1n) is 7.17. The number of amides is 1. The number of rotatable bonds is 2. The van der Waals surface area contributed by atoms with E-state index in [4.69, 9.17) is 0 Å². The van der Waals surface area contributed by atoms with Crippen molar-refractivity contribution in [1.29, 1.82) is 0 Å². The molecule has 0 saturated carbocycles. The number of fused-ring (bicyclic) bond motifs is 1. The molecule has 3 rings (SSSR count). The van der Waals surface area contributed by atoms with Gasteiger partial charge >= 0.3 is 0 Å². The average molecular weight is 268 g/mol. The van der Waals surface area contributed by atoms with Gasteiger partial charge in [0.2, 0.25) is 0 Å². The van der Waals surface area contributed by atoms with Crippen molar-refractivity contribution < 1.29 is 4.79 Å². The smallest absolute Gasteiger partial charge is 0.253 e. The molecule has 1 amide bonds. The number of benzene rings is 1. The number of carbonyl (C=O) groups is 1. The summed E-state index contributed by atoms with van der Waals surface area (Å²) in [4.78, 5) is 15.5. The summed E-state index contributed by atoms with van der Waals surface area (Å²) in [5.41, 5.74) is 5.52. The third-order valence-corrected chi connectivity index (χ3v) is 4.08. The highest BCUT2D eigenvalue weighted by Crippen LogP contribution is 2.21. The zero-order valence-corrected chi connectivity index (χ0v) is 12.0. The summed E-state index contributed by atoms with van der Waals surface area (Å²) < 4.78 is 0. The molecule has 0 spiro atoms. The van der Waals surface area contributed by atoms with Crippen LogP contribution < -0.4 is 5.32 Å². The minimum Gasteiger partial charge on any atom is -0.362 e. The Balaban J connectivity index is 1.71. The molecular formula is C17H20N2O. The highest BCUT2D eigenvalue weighted by atomic mass is 16.1. The van der Waals surface area contributed by atoms with E-state index in [1.807, 2.05) is 19.9 Å². The Morgan fingerprint density at radius 1 is 1.25 bits per heavy atom. The standard InChI is InChI=1S/C17H20N2O/c1-11-9-16(12(2)18-11)17(20)19-15-8-7-13-5-3-4-6-14(13)10-15/h3-6,9,15,18H,7-8,10H2,1-2H3,(H,19,20)/t15-/m0/s1. The van der Waals surface area contributed by atoms with Gasteiger partial charge in [-0.25, -0.2) is 0 Å². The van der Waals surface area contributed by atoms with E-state index in [0.717, 1.165) is 36.2 Å². The van der Waals surface area contributed by atoms with E-state index in [1.165, 1.54) is 11.1 Å². The topological polar surface area (TPSA) is 44.9 Å². The molecule has 1 aliphatic rings. The average Bonchev–Trinajstić information content (AvgIpc) is 2.78. The summed E-state index contributed by atoms with van der Waals surface area (Å²) in [5, 5.41) is 3.17. The molecule has 1 heterocycles. The summed E-state index contributed by atoms with van der Waals surface area (Å²) in [7, 11) is 0. The number of aromatic amines is 1. The Labute approximate surface area is 119 Å². The summed E-state index contributed by atoms with van der Waals surface area (Å²) >= 11 is 0. The third kappa shape index (κ3) is 2.48. The van der Waals surface area contributed by atoms with Crippen LogP contribution in [0.1, 0.15) is 39.3 Å². The summed E-state index contributed by atoms with van der Waals surface area (Å²) in [5.74, 6) is 0.0382. The Bertz CT molecular complexity index is 642. The molecule has 20 heavy (non-hydrogen) atoms. The van der Waals surface area contributed by atoms with Crippen molar-refractivity contribution in [2.75, 3.05) is 0 Å². The van der Waals surface area contributed by atoms with Crippen LogP contribution in [0, 0.1) is 13.8 Å². The second-order valence-corrected chi connectivity index (χ2v) is 5.67. The molecule has 0 saturated heterocycles. The molecule has 0 unspecified atom stereocenters. The maximum absolute atomic E-state index is 12.3. The van der Waals surface area contributed by atoms with Crippen molar-refractivity contribution in [2.45, 2.75) is 39.2 Å². The van der Waals surface area contributed by atoms with E-state index in [0.29, 0.717) is 0 Å². The van der Waals surface area contributed by atoms with E-state index in [-0.39, 0.29) is 11.9 Å². The second-order valence-electron chi connectivity index (χ2n) is 5.67. The summed E-state index contributed by atoms with van der Waals surface area (Å²) in [6.07, 6.45) is 3.00. The second kappa shape index (κ2) is 5.16. The normalized spacial score (nSPS) is 17.6. The molecule has 0 radical (unpaired) electrons. The minimum absolute atomic E-state index is 0.0382. The maximum Gasteiger partial charge on any atom is 0.253 e. The van der Waals surface area contributed by atoms with Gasteiger partial charge in [0, 0.05) is 17.4 Å². The molecule has 2 aromatic rings. The first-order chi connectivity index (χ1) is 9.63. The van der Waals surface area contributed by atoms with Gasteiger partial charge in [-0.15, -0.1) is 0 Å². The lowest BCUT2D eigenvalue weighted by atomic mass is 9.88. The van der Waals surface area contributed by atoms with Crippen LogP contribution in [0.4, 0.5) is 0 Å². The van der Waals surface area contributed by atoms with Gasteiger partial charge in [0.05, 0.1) is 5.56 Å². The third-order valence-electron chi connectivity index (χ3n) is 4.08. The molecular weight excluding hydrogens is 248 g/mol. The van der Waals surface area contributed by atoms with Crippen LogP contribution in [0.3, 0.4) is 0 Å². The van der Waals surface area contributed by atoms with E-state index < -0.39 is 0 Å². The van der Waals surface area contributed by atoms with Crippen LogP contribution in [0.25, 0.3) is 0 Å². The lowest BCUT2D eigenvalue weighted by molar-refractivity contribution is 0.0933. The summed E-state index contributed by atoms with van der Waals surface area (Å²) in [6.45, 7) is 3.92. The van der Waals surface area contributed by atoms with Crippen molar-refractivity contribution in [3.8, 4) is 0 Å². The molecule has 3 nitrogen and oxygen atoms in total. The van der Waals surface area contributed by atoms with Gasteiger partial charge in [0.1, 0.15) is 0 Å². The van der Waals surface area contributed by atoms with E-state index in [2.05, 4.69) is 34.6 Å². The number of hydrogen-bond acceptors (Lipinski definition) is 1. The van der Waals surface area contributed by atoms with Crippen LogP contribution in [0.15, 0.2) is 30.3 Å². The fourth-order valence-electron chi connectivity index (χ4n) is 3.04. The van der Waals surface area contributed by atoms with Crippen LogP contribution in [-0.4, -0.2) is 16.9 Å². The predicted octanol–water partition coefficient (Wildman–Crippen LogP) is 2.92. The lowest BCUT2D eigenvalue weighted by Gasteiger charge is -2.25. The highest BCUT2D eigenvalue weighted by Gasteiger charge is 2.21. The molecule has 2 N–H and O–H groups in total. The number of hydrogen-bond donors (Lipinski definition) is 2. The maximum atomic E-state index is 12.3. The Hall–Kier alpha value is -2.03. The first-order valence-corrected chi connectivity index (χ1v) is 7.17. The number of H-pyrrole nitrogens is 1. The van der Waals surface area contributed by atoms with E-state index >= 15 is 0 Å². The number of carbonyl (C=O) groups excluding carboxylic acids is 1. The molecule has 1 aromatic carbocycles. The molecule has 104 valence electrons. The van der Waals surface area contributed by atoms with Gasteiger partial charge in [-0.2, -0.15) is 0 Å². The van der Waals surface area contributed by atoms with Crippen molar-refractivity contribution >= 4 is 5.91 Å². The van der Waals surface area contributed by atoms with Gasteiger partial charge in [0.25, 0.3) is 5.91 Å². The van der Waals surface area contributed by atoms with E-state index in [1.54, 1.807) is 0 Å². The van der Waals surface area contributed by atoms with Crippen molar-refractivity contribution in [3.63, 3.8) is 0 Å². The van der Waals surface area contributed by atoms with Crippen molar-refractivity contribution in [1.82, 2.24) is 10.3 Å². The number of aryl methyl sites for hydroxylation is 3. The Morgan fingerprint density at radius 3 is 2.70 bits per heavy atom. The van der Waals surface area contributed by atoms with Crippen LogP contribution >= 0.6 is 0 Å². The predicted molar refractivity (Wildman–Crippen MR) is 80.0 cm³/mol. The fraction of sp³-hybridized carbons (Fsp3) is 0.353. The number of nitrogens with one attached hydrogen (secondary N) is 2. The van der Waals surface area contributed by atoms with Gasteiger partial charge in [0.15, 0.2) is 0 Å². The largest absolute Gasteiger partial charge is 0.362 e. The van der Waals surface area contributed by atoms with Gasteiger partial charge in [-0.05, 0) is 50.3 Å². The van der Waals surface area contributed by atoms with Crippen molar-refractivity contribution in [3.05, 3.63) is 58.4 Å². The lowest BCUT2D eigenvalue weighted by Crippen LogP contribution is -2.38.